The van der Waals surface area contributed by atoms with Crippen molar-refractivity contribution in [3.05, 3.63) is 29.6 Å². The average Bonchev–Trinajstić information content (AvgIpc) is 2.23. The van der Waals surface area contributed by atoms with Crippen LogP contribution in [0.3, 0.4) is 0 Å². The van der Waals surface area contributed by atoms with Gasteiger partial charge in [0.15, 0.2) is 0 Å². The quantitative estimate of drug-likeness (QED) is 0.542. The minimum atomic E-state index is -0.321. The number of unbranched alkanes of at least 4 members (excludes halogenated alkanes) is 1. The van der Waals surface area contributed by atoms with E-state index in [4.69, 9.17) is 4.74 Å². The summed E-state index contributed by atoms with van der Waals surface area (Å²) in [6.45, 7) is 4.41. The average molecular weight is 206 g/mol. The summed E-state index contributed by atoms with van der Waals surface area (Å²) in [5.74, 6) is 5.61. The topological polar surface area (TPSA) is 9.23 Å². The highest BCUT2D eigenvalue weighted by Gasteiger charge is 2.01. The van der Waals surface area contributed by atoms with Crippen LogP contribution < -0.4 is 4.74 Å². The summed E-state index contributed by atoms with van der Waals surface area (Å²) >= 11 is 0. The van der Waals surface area contributed by atoms with Crippen LogP contribution in [0.15, 0.2) is 18.2 Å². The Balaban J connectivity index is 2.67. The summed E-state index contributed by atoms with van der Waals surface area (Å²) in [6, 6.07) is 4.78. The van der Waals surface area contributed by atoms with Gasteiger partial charge in [0.1, 0.15) is 11.6 Å². The number of hydrogen-bond donors (Lipinski definition) is 0. The molecule has 0 saturated heterocycles. The molecule has 0 amide bonds. The van der Waals surface area contributed by atoms with E-state index in [0.29, 0.717) is 17.9 Å². The van der Waals surface area contributed by atoms with E-state index in [-0.39, 0.29) is 5.82 Å². The van der Waals surface area contributed by atoms with E-state index in [1.165, 1.54) is 6.07 Å². The van der Waals surface area contributed by atoms with Crippen LogP contribution in [0, 0.1) is 17.7 Å². The Morgan fingerprint density at radius 3 is 2.80 bits per heavy atom. The fourth-order valence-corrected chi connectivity index (χ4v) is 1.16. The van der Waals surface area contributed by atoms with Crippen molar-refractivity contribution < 1.29 is 9.13 Å². The Hall–Kier alpha value is -1.49. The third kappa shape index (κ3) is 3.63. The molecular weight excluding hydrogens is 191 g/mol. The standard InChI is InChI=1S/C13H15FO/c1-3-5-9-15-12-8-7-11(6-4-2)13(14)10-12/h7-8,10H,3,5,9H2,1-2H3. The van der Waals surface area contributed by atoms with Gasteiger partial charge in [0.2, 0.25) is 0 Å². The highest BCUT2D eigenvalue weighted by Crippen LogP contribution is 2.16. The molecular formula is C13H15FO. The molecule has 0 bridgehead atoms. The summed E-state index contributed by atoms with van der Waals surface area (Å²) in [7, 11) is 0. The second kappa shape index (κ2) is 6.08. The number of halogens is 1. The zero-order chi connectivity index (χ0) is 11.1. The van der Waals surface area contributed by atoms with Crippen molar-refractivity contribution in [3.8, 4) is 17.6 Å². The molecule has 0 unspecified atom stereocenters. The van der Waals surface area contributed by atoms with Crippen LogP contribution in [0.2, 0.25) is 0 Å². The predicted octanol–water partition coefficient (Wildman–Crippen LogP) is 3.38. The van der Waals surface area contributed by atoms with Gasteiger partial charge in [0, 0.05) is 6.07 Å². The maximum absolute atomic E-state index is 13.4. The first-order valence-electron chi connectivity index (χ1n) is 5.13. The number of ether oxygens (including phenoxy) is 1. The first kappa shape index (κ1) is 11.6. The van der Waals surface area contributed by atoms with Gasteiger partial charge in [-0.1, -0.05) is 19.3 Å². The highest BCUT2D eigenvalue weighted by molar-refractivity contribution is 5.39. The maximum atomic E-state index is 13.4. The fraction of sp³-hybridized carbons (Fsp3) is 0.385. The third-order valence-corrected chi connectivity index (χ3v) is 1.97. The molecule has 0 aromatic heterocycles. The van der Waals surface area contributed by atoms with E-state index in [0.717, 1.165) is 12.8 Å². The van der Waals surface area contributed by atoms with Gasteiger partial charge >= 0.3 is 0 Å². The van der Waals surface area contributed by atoms with Gasteiger partial charge in [-0.3, -0.25) is 0 Å². The molecule has 2 heteroatoms. The SMILES string of the molecule is CC#Cc1ccc(OCCCC)cc1F. The number of hydrogen-bond acceptors (Lipinski definition) is 1. The number of benzene rings is 1. The molecule has 1 rings (SSSR count). The fourth-order valence-electron chi connectivity index (χ4n) is 1.16. The Bertz CT molecular complexity index is 374. The summed E-state index contributed by atoms with van der Waals surface area (Å²) < 4.78 is 18.7. The normalized spacial score (nSPS) is 9.27. The summed E-state index contributed by atoms with van der Waals surface area (Å²) in [6.07, 6.45) is 2.06. The van der Waals surface area contributed by atoms with Gasteiger partial charge < -0.3 is 4.74 Å². The van der Waals surface area contributed by atoms with Crippen molar-refractivity contribution in [1.29, 1.82) is 0 Å². The van der Waals surface area contributed by atoms with Crippen molar-refractivity contribution >= 4 is 0 Å². The van der Waals surface area contributed by atoms with E-state index in [1.807, 2.05) is 0 Å². The first-order chi connectivity index (χ1) is 7.27. The Morgan fingerprint density at radius 2 is 2.20 bits per heavy atom. The predicted molar refractivity (Wildman–Crippen MR) is 59.4 cm³/mol. The van der Waals surface area contributed by atoms with Crippen LogP contribution in [0.5, 0.6) is 5.75 Å². The highest BCUT2D eigenvalue weighted by atomic mass is 19.1. The van der Waals surface area contributed by atoms with Crippen LogP contribution in [-0.4, -0.2) is 6.61 Å². The number of rotatable bonds is 4. The van der Waals surface area contributed by atoms with Gasteiger partial charge in [0.25, 0.3) is 0 Å². The van der Waals surface area contributed by atoms with Gasteiger partial charge in [-0.15, -0.1) is 5.92 Å². The molecule has 1 aromatic rings. The largest absolute Gasteiger partial charge is 0.493 e. The third-order valence-electron chi connectivity index (χ3n) is 1.97. The molecule has 0 spiro atoms. The molecule has 0 aliphatic rings. The zero-order valence-electron chi connectivity index (χ0n) is 9.14. The van der Waals surface area contributed by atoms with E-state index >= 15 is 0 Å². The van der Waals surface area contributed by atoms with Crippen LogP contribution in [0.25, 0.3) is 0 Å². The second-order valence-electron chi connectivity index (χ2n) is 3.22. The van der Waals surface area contributed by atoms with E-state index in [2.05, 4.69) is 18.8 Å². The molecule has 0 radical (unpaired) electrons. The molecule has 0 N–H and O–H groups in total. The lowest BCUT2D eigenvalue weighted by atomic mass is 10.2. The molecule has 0 heterocycles. The summed E-state index contributed by atoms with van der Waals surface area (Å²) in [5.41, 5.74) is 0.417. The molecule has 80 valence electrons. The zero-order valence-corrected chi connectivity index (χ0v) is 9.14. The smallest absolute Gasteiger partial charge is 0.142 e. The molecule has 15 heavy (non-hydrogen) atoms. The molecule has 0 saturated carbocycles. The Kier molecular flexibility index (Phi) is 4.70. The molecule has 0 fully saturated rings. The minimum absolute atomic E-state index is 0.321. The summed E-state index contributed by atoms with van der Waals surface area (Å²) in [5, 5.41) is 0. The maximum Gasteiger partial charge on any atom is 0.142 e. The first-order valence-corrected chi connectivity index (χ1v) is 5.13. The van der Waals surface area contributed by atoms with Gasteiger partial charge in [-0.2, -0.15) is 0 Å². The van der Waals surface area contributed by atoms with E-state index < -0.39 is 0 Å². The molecule has 0 atom stereocenters. The van der Waals surface area contributed by atoms with Crippen LogP contribution >= 0.6 is 0 Å². The van der Waals surface area contributed by atoms with Gasteiger partial charge in [-0.25, -0.2) is 4.39 Å². The Labute approximate surface area is 90.3 Å². The molecule has 1 aromatic carbocycles. The van der Waals surface area contributed by atoms with Gasteiger partial charge in [0.05, 0.1) is 12.2 Å². The second-order valence-corrected chi connectivity index (χ2v) is 3.22. The van der Waals surface area contributed by atoms with Crippen molar-refractivity contribution in [2.45, 2.75) is 26.7 Å². The van der Waals surface area contributed by atoms with Gasteiger partial charge in [-0.05, 0) is 25.5 Å². The lowest BCUT2D eigenvalue weighted by Gasteiger charge is -2.05. The van der Waals surface area contributed by atoms with E-state index in [1.54, 1.807) is 19.1 Å². The van der Waals surface area contributed by atoms with E-state index in [9.17, 15) is 4.39 Å². The van der Waals surface area contributed by atoms with Crippen molar-refractivity contribution in [3.63, 3.8) is 0 Å². The van der Waals surface area contributed by atoms with Crippen molar-refractivity contribution in [1.82, 2.24) is 0 Å². The van der Waals surface area contributed by atoms with Crippen LogP contribution in [0.4, 0.5) is 4.39 Å². The van der Waals surface area contributed by atoms with Crippen LogP contribution in [0.1, 0.15) is 32.3 Å². The lowest BCUT2D eigenvalue weighted by Crippen LogP contribution is -1.97. The molecule has 0 aliphatic carbocycles. The molecule has 1 nitrogen and oxygen atoms in total. The van der Waals surface area contributed by atoms with Crippen molar-refractivity contribution in [2.75, 3.05) is 6.61 Å². The van der Waals surface area contributed by atoms with Crippen molar-refractivity contribution in [2.24, 2.45) is 0 Å². The minimum Gasteiger partial charge on any atom is -0.493 e. The monoisotopic (exact) mass is 206 g/mol. The molecule has 0 aliphatic heterocycles. The lowest BCUT2D eigenvalue weighted by molar-refractivity contribution is 0.308. The van der Waals surface area contributed by atoms with Crippen LogP contribution in [-0.2, 0) is 0 Å². The Morgan fingerprint density at radius 1 is 1.40 bits per heavy atom. The summed E-state index contributed by atoms with van der Waals surface area (Å²) in [4.78, 5) is 0.